The average Bonchev–Trinajstić information content (AvgIpc) is 2.80. The van der Waals surface area contributed by atoms with E-state index in [9.17, 15) is 4.79 Å². The molecule has 150 valence electrons. The van der Waals surface area contributed by atoms with Gasteiger partial charge in [-0.25, -0.2) is 0 Å². The molecule has 2 saturated heterocycles. The number of benzene rings is 1. The Hall–Kier alpha value is -1.43. The molecule has 1 unspecified atom stereocenters. The summed E-state index contributed by atoms with van der Waals surface area (Å²) in [6, 6.07) is 6.74. The van der Waals surface area contributed by atoms with Gasteiger partial charge in [0.1, 0.15) is 0 Å². The SMILES string of the molecule is COCCN1CCC2(CCC1=O)CN(Cc1cc(C)ccc1C)CCN2C. The van der Waals surface area contributed by atoms with E-state index in [0.717, 1.165) is 45.6 Å². The van der Waals surface area contributed by atoms with Crippen LogP contribution in [0.3, 0.4) is 0 Å². The van der Waals surface area contributed by atoms with Crippen molar-refractivity contribution >= 4 is 5.91 Å². The minimum atomic E-state index is 0.105. The number of amides is 1. The maximum atomic E-state index is 12.5. The predicted octanol–water partition coefficient (Wildman–Crippen LogP) is 2.45. The highest BCUT2D eigenvalue weighted by Crippen LogP contribution is 2.33. The number of ether oxygens (including phenoxy) is 1. The average molecular weight is 374 g/mol. The van der Waals surface area contributed by atoms with Crippen LogP contribution in [0, 0.1) is 13.8 Å². The van der Waals surface area contributed by atoms with Crippen LogP contribution in [0.5, 0.6) is 0 Å². The molecule has 3 rings (SSSR count). The largest absolute Gasteiger partial charge is 0.383 e. The van der Waals surface area contributed by atoms with Crippen LogP contribution >= 0.6 is 0 Å². The van der Waals surface area contributed by atoms with Crippen LogP contribution in [0.4, 0.5) is 0 Å². The molecule has 0 N–H and O–H groups in total. The number of piperazine rings is 1. The summed E-state index contributed by atoms with van der Waals surface area (Å²) in [5.41, 5.74) is 4.23. The van der Waals surface area contributed by atoms with Gasteiger partial charge in [0, 0.05) is 58.3 Å². The zero-order valence-electron chi connectivity index (χ0n) is 17.5. The maximum absolute atomic E-state index is 12.5. The van der Waals surface area contributed by atoms with E-state index in [1.165, 1.54) is 16.7 Å². The molecule has 1 amide bonds. The minimum Gasteiger partial charge on any atom is -0.383 e. The van der Waals surface area contributed by atoms with Gasteiger partial charge >= 0.3 is 0 Å². The zero-order valence-corrected chi connectivity index (χ0v) is 17.5. The van der Waals surface area contributed by atoms with E-state index in [1.807, 2.05) is 4.90 Å². The molecule has 27 heavy (non-hydrogen) atoms. The van der Waals surface area contributed by atoms with Crippen LogP contribution in [-0.2, 0) is 16.1 Å². The van der Waals surface area contributed by atoms with E-state index >= 15 is 0 Å². The minimum absolute atomic E-state index is 0.105. The second-order valence-corrected chi connectivity index (χ2v) is 8.41. The number of hydrogen-bond acceptors (Lipinski definition) is 4. The van der Waals surface area contributed by atoms with Crippen molar-refractivity contribution in [1.82, 2.24) is 14.7 Å². The molecule has 1 aromatic rings. The van der Waals surface area contributed by atoms with Crippen molar-refractivity contribution in [3.8, 4) is 0 Å². The third-order valence-electron chi connectivity index (χ3n) is 6.55. The van der Waals surface area contributed by atoms with Crippen molar-refractivity contribution in [2.45, 2.75) is 45.2 Å². The Kier molecular flexibility index (Phi) is 6.56. The fourth-order valence-electron chi connectivity index (χ4n) is 4.56. The number of likely N-dealkylation sites (N-methyl/N-ethyl adjacent to an activating group) is 1. The number of rotatable bonds is 5. The van der Waals surface area contributed by atoms with Gasteiger partial charge in [0.2, 0.25) is 5.91 Å². The summed E-state index contributed by atoms with van der Waals surface area (Å²) in [7, 11) is 3.94. The third-order valence-corrected chi connectivity index (χ3v) is 6.55. The molecule has 2 aliphatic rings. The molecular weight excluding hydrogens is 338 g/mol. The highest BCUT2D eigenvalue weighted by Gasteiger charge is 2.42. The van der Waals surface area contributed by atoms with Crippen molar-refractivity contribution in [2.75, 3.05) is 53.5 Å². The molecule has 5 nitrogen and oxygen atoms in total. The lowest BCUT2D eigenvalue weighted by molar-refractivity contribution is -0.131. The smallest absolute Gasteiger partial charge is 0.222 e. The van der Waals surface area contributed by atoms with E-state index in [4.69, 9.17) is 4.74 Å². The highest BCUT2D eigenvalue weighted by atomic mass is 16.5. The quantitative estimate of drug-likeness (QED) is 0.794. The fourth-order valence-corrected chi connectivity index (χ4v) is 4.56. The predicted molar refractivity (Wildman–Crippen MR) is 109 cm³/mol. The number of carbonyl (C=O) groups excluding carboxylic acids is 1. The second-order valence-electron chi connectivity index (χ2n) is 8.41. The Morgan fingerprint density at radius 3 is 2.74 bits per heavy atom. The Morgan fingerprint density at radius 1 is 1.15 bits per heavy atom. The second kappa shape index (κ2) is 8.72. The molecule has 2 aliphatic heterocycles. The van der Waals surface area contributed by atoms with Gasteiger partial charge in [0.25, 0.3) is 0 Å². The molecule has 2 heterocycles. The van der Waals surface area contributed by atoms with E-state index in [0.29, 0.717) is 19.6 Å². The number of hydrogen-bond donors (Lipinski definition) is 0. The number of likely N-dealkylation sites (tertiary alicyclic amines) is 1. The molecule has 0 radical (unpaired) electrons. The third kappa shape index (κ3) is 4.71. The van der Waals surface area contributed by atoms with Gasteiger partial charge in [-0.15, -0.1) is 0 Å². The van der Waals surface area contributed by atoms with Crippen LogP contribution in [-0.4, -0.2) is 79.6 Å². The molecule has 0 aliphatic carbocycles. The lowest BCUT2D eigenvalue weighted by Gasteiger charge is -2.49. The van der Waals surface area contributed by atoms with Crippen LogP contribution < -0.4 is 0 Å². The number of carbonyl (C=O) groups is 1. The first-order valence-electron chi connectivity index (χ1n) is 10.2. The van der Waals surface area contributed by atoms with Crippen molar-refractivity contribution in [3.63, 3.8) is 0 Å². The maximum Gasteiger partial charge on any atom is 0.222 e. The van der Waals surface area contributed by atoms with Crippen LogP contribution in [0.15, 0.2) is 18.2 Å². The Balaban J connectivity index is 1.71. The van der Waals surface area contributed by atoms with Crippen LogP contribution in [0.1, 0.15) is 36.0 Å². The normalized spacial score (nSPS) is 25.2. The van der Waals surface area contributed by atoms with Crippen molar-refractivity contribution in [1.29, 1.82) is 0 Å². The lowest BCUT2D eigenvalue weighted by Crippen LogP contribution is -2.60. The number of aryl methyl sites for hydroxylation is 2. The van der Waals surface area contributed by atoms with E-state index in [2.05, 4.69) is 48.9 Å². The molecule has 1 spiro atoms. The van der Waals surface area contributed by atoms with Gasteiger partial charge < -0.3 is 9.64 Å². The van der Waals surface area contributed by atoms with E-state index in [1.54, 1.807) is 7.11 Å². The summed E-state index contributed by atoms with van der Waals surface area (Å²) in [4.78, 5) is 19.6. The first-order chi connectivity index (χ1) is 12.9. The lowest BCUT2D eigenvalue weighted by atomic mass is 9.86. The monoisotopic (exact) mass is 373 g/mol. The molecule has 0 saturated carbocycles. The van der Waals surface area contributed by atoms with Crippen LogP contribution in [0.25, 0.3) is 0 Å². The van der Waals surface area contributed by atoms with Gasteiger partial charge in [-0.3, -0.25) is 14.6 Å². The summed E-state index contributed by atoms with van der Waals surface area (Å²) in [5.74, 6) is 0.281. The summed E-state index contributed by atoms with van der Waals surface area (Å²) < 4.78 is 5.18. The van der Waals surface area contributed by atoms with Crippen molar-refractivity contribution in [3.05, 3.63) is 34.9 Å². The summed E-state index contributed by atoms with van der Waals surface area (Å²) in [6.45, 7) is 10.7. The molecule has 1 atom stereocenters. The summed E-state index contributed by atoms with van der Waals surface area (Å²) in [6.07, 6.45) is 2.64. The van der Waals surface area contributed by atoms with Gasteiger partial charge in [0.05, 0.1) is 6.61 Å². The summed E-state index contributed by atoms with van der Waals surface area (Å²) >= 11 is 0. The van der Waals surface area contributed by atoms with Gasteiger partial charge in [-0.05, 0) is 44.9 Å². The number of methoxy groups -OCH3 is 1. The van der Waals surface area contributed by atoms with Crippen molar-refractivity contribution in [2.24, 2.45) is 0 Å². The molecule has 0 bridgehead atoms. The molecule has 5 heteroatoms. The first kappa shape index (κ1) is 20.3. The first-order valence-corrected chi connectivity index (χ1v) is 10.2. The summed E-state index contributed by atoms with van der Waals surface area (Å²) in [5, 5.41) is 0. The van der Waals surface area contributed by atoms with Gasteiger partial charge in [0.15, 0.2) is 0 Å². The molecule has 1 aromatic carbocycles. The number of nitrogens with zero attached hydrogens (tertiary/aromatic N) is 3. The molecular formula is C22H35N3O2. The molecule has 2 fully saturated rings. The highest BCUT2D eigenvalue weighted by molar-refractivity contribution is 5.76. The standard InChI is InChI=1S/C22H35N3O2/c1-18-5-6-19(2)20(15-18)16-24-12-11-23(3)22(17-24)8-7-21(26)25(10-9-22)13-14-27-4/h5-6,15H,7-14,16-17H2,1-4H3. The van der Waals surface area contributed by atoms with Crippen LogP contribution in [0.2, 0.25) is 0 Å². The Bertz CT molecular complexity index is 663. The zero-order chi connectivity index (χ0) is 19.4. The van der Waals surface area contributed by atoms with E-state index < -0.39 is 0 Å². The fraction of sp³-hybridized carbons (Fsp3) is 0.682. The Morgan fingerprint density at radius 2 is 1.96 bits per heavy atom. The topological polar surface area (TPSA) is 36.0 Å². The van der Waals surface area contributed by atoms with Gasteiger partial charge in [-0.2, -0.15) is 0 Å². The molecule has 0 aromatic heterocycles. The Labute approximate surface area is 164 Å². The van der Waals surface area contributed by atoms with Gasteiger partial charge in [-0.1, -0.05) is 23.8 Å². The van der Waals surface area contributed by atoms with E-state index in [-0.39, 0.29) is 11.4 Å². The van der Waals surface area contributed by atoms with Crippen molar-refractivity contribution < 1.29 is 9.53 Å².